The van der Waals surface area contributed by atoms with E-state index in [2.05, 4.69) is 98.2 Å². The van der Waals surface area contributed by atoms with Gasteiger partial charge in [0.15, 0.2) is 0 Å². The average molecular weight is 444 g/mol. The fraction of sp³-hybridized carbons (Fsp3) is 0.143. The van der Waals surface area contributed by atoms with Gasteiger partial charge in [0.2, 0.25) is 0 Å². The van der Waals surface area contributed by atoms with Gasteiger partial charge in [-0.1, -0.05) is 72.6 Å². The fourth-order valence-corrected chi connectivity index (χ4v) is 25.6. The molecule has 22 heavy (non-hydrogen) atoms. The lowest BCUT2D eigenvalue weighted by atomic mass is 10.4. The van der Waals surface area contributed by atoms with Crippen molar-refractivity contribution >= 4 is 75.5 Å². The SMILES string of the molecule is CC=CC=CC=CP(P)(=CP(P)(P)=CC=CC=CC)P(P)P. The molecule has 0 N–H and O–H groups in total. The van der Waals surface area contributed by atoms with E-state index in [-0.39, 0.29) is 6.99 Å². The number of hydrogen-bond acceptors (Lipinski definition) is 0. The lowest BCUT2D eigenvalue weighted by Crippen LogP contribution is -1.71. The maximum absolute atomic E-state index is 3.13. The summed E-state index contributed by atoms with van der Waals surface area (Å²) in [5.74, 6) is 4.68. The van der Waals surface area contributed by atoms with Crippen LogP contribution in [0.1, 0.15) is 13.8 Å². The molecule has 0 aromatic rings. The van der Waals surface area contributed by atoms with Crippen LogP contribution in [0.4, 0.5) is 0 Å². The lowest BCUT2D eigenvalue weighted by Gasteiger charge is -2.25. The molecule has 0 nitrogen and oxygen atoms in total. The molecule has 0 bridgehead atoms. The summed E-state index contributed by atoms with van der Waals surface area (Å²) in [6.07, 6.45) is 16.1. The Hall–Kier alpha value is 1.88. The Morgan fingerprint density at radius 3 is 1.73 bits per heavy atom. The van der Waals surface area contributed by atoms with Crippen molar-refractivity contribution in [1.82, 2.24) is 0 Å². The van der Waals surface area contributed by atoms with Gasteiger partial charge in [0.05, 0.1) is 0 Å². The first-order valence-corrected chi connectivity index (χ1v) is 20.7. The maximum atomic E-state index is 3.13. The first-order valence-electron chi connectivity index (χ1n) is 6.68. The Morgan fingerprint density at radius 2 is 1.23 bits per heavy atom. The average Bonchev–Trinajstić information content (AvgIpc) is 2.43. The Balaban J connectivity index is 5.53. The summed E-state index contributed by atoms with van der Waals surface area (Å²) in [6.45, 7) is 3.85. The normalized spacial score (nSPS) is 16.7. The van der Waals surface area contributed by atoms with Crippen LogP contribution in [0.5, 0.6) is 0 Å². The van der Waals surface area contributed by atoms with Crippen LogP contribution in [0.2, 0.25) is 0 Å². The Morgan fingerprint density at radius 1 is 0.727 bits per heavy atom. The van der Waals surface area contributed by atoms with E-state index in [4.69, 9.17) is 0 Å². The molecule has 0 amide bonds. The molecule has 0 radical (unpaired) electrons. The van der Waals surface area contributed by atoms with Gasteiger partial charge in [-0.3, -0.25) is 0 Å². The van der Waals surface area contributed by atoms with Gasteiger partial charge in [0, 0.05) is 0 Å². The molecular weight excluding hydrogens is 416 g/mol. The zero-order chi connectivity index (χ0) is 17.1. The number of hydrogen-bond donors (Lipinski definition) is 0. The van der Waals surface area contributed by atoms with Crippen LogP contribution in [-0.2, 0) is 0 Å². The summed E-state index contributed by atoms with van der Waals surface area (Å²) >= 11 is 0. The van der Waals surface area contributed by atoms with Gasteiger partial charge in [0.1, 0.15) is 0 Å². The molecule has 0 aliphatic carbocycles. The summed E-state index contributed by atoms with van der Waals surface area (Å²) in [5.41, 5.74) is 2.55. The third-order valence-electron chi connectivity index (χ3n) is 2.39. The monoisotopic (exact) mass is 444 g/mol. The van der Waals surface area contributed by atoms with Gasteiger partial charge in [0.25, 0.3) is 0 Å². The minimum absolute atomic E-state index is 0.200. The fourth-order valence-electron chi connectivity index (χ4n) is 1.33. The van der Waals surface area contributed by atoms with Gasteiger partial charge < -0.3 is 0 Å². The molecule has 0 aliphatic rings. The van der Waals surface area contributed by atoms with Crippen LogP contribution in [0.3, 0.4) is 0 Å². The second-order valence-electron chi connectivity index (χ2n) is 4.50. The second kappa shape index (κ2) is 13.1. The highest BCUT2D eigenvalue weighted by molar-refractivity contribution is 8.88. The summed E-state index contributed by atoms with van der Waals surface area (Å²) in [5, 5.41) is 0. The molecule has 6 atom stereocenters. The minimum Gasteiger partial charge on any atom is -0.104 e. The lowest BCUT2D eigenvalue weighted by molar-refractivity contribution is 1.73. The quantitative estimate of drug-likeness (QED) is 0.279. The van der Waals surface area contributed by atoms with Crippen LogP contribution < -0.4 is 0 Å². The van der Waals surface area contributed by atoms with Crippen molar-refractivity contribution in [3.63, 3.8) is 0 Å². The topological polar surface area (TPSA) is 0 Å². The summed E-state index contributed by atoms with van der Waals surface area (Å²) in [7, 11) is 15.2. The third-order valence-corrected chi connectivity index (χ3v) is 30.9. The smallest absolute Gasteiger partial charge is 0.0367 e. The largest absolute Gasteiger partial charge is 0.104 e. The first-order chi connectivity index (χ1) is 10.3. The zero-order valence-corrected chi connectivity index (χ0v) is 21.6. The minimum atomic E-state index is -1.33. The van der Waals surface area contributed by atoms with Gasteiger partial charge in [-0.05, 0) is 32.6 Å². The van der Waals surface area contributed by atoms with Crippen LogP contribution in [0.25, 0.3) is 0 Å². The van der Waals surface area contributed by atoms with Crippen LogP contribution in [-0.4, -0.2) is 11.3 Å². The highest BCUT2D eigenvalue weighted by Gasteiger charge is 2.15. The van der Waals surface area contributed by atoms with Crippen molar-refractivity contribution < 1.29 is 0 Å². The van der Waals surface area contributed by atoms with Crippen molar-refractivity contribution in [2.45, 2.75) is 13.8 Å². The molecule has 0 aromatic heterocycles. The predicted molar refractivity (Wildman–Crippen MR) is 138 cm³/mol. The molecule has 0 rings (SSSR count). The van der Waals surface area contributed by atoms with Gasteiger partial charge in [-0.15, -0.1) is 44.6 Å². The van der Waals surface area contributed by atoms with E-state index in [1.54, 1.807) is 0 Å². The predicted octanol–water partition coefficient (Wildman–Crippen LogP) is 7.71. The van der Waals surface area contributed by atoms with Crippen LogP contribution in [0.15, 0.2) is 60.5 Å². The third kappa shape index (κ3) is 11.4. The van der Waals surface area contributed by atoms with Crippen molar-refractivity contribution in [3.8, 4) is 0 Å². The molecule has 0 aliphatic heterocycles. The van der Waals surface area contributed by atoms with Gasteiger partial charge in [-0.25, -0.2) is 0 Å². The molecule has 124 valence electrons. The molecule has 0 saturated carbocycles. The van der Waals surface area contributed by atoms with Crippen molar-refractivity contribution in [2.75, 3.05) is 0 Å². The number of allylic oxidation sites excluding steroid dienone is 9. The van der Waals surface area contributed by atoms with E-state index in [9.17, 15) is 0 Å². The molecule has 0 heterocycles. The number of rotatable bonds is 7. The summed E-state index contributed by atoms with van der Waals surface area (Å²) in [6, 6.07) is 0. The van der Waals surface area contributed by atoms with E-state index in [1.165, 1.54) is 0 Å². The summed E-state index contributed by atoms with van der Waals surface area (Å²) < 4.78 is 0. The molecule has 6 unspecified atom stereocenters. The van der Waals surface area contributed by atoms with E-state index in [0.29, 0.717) is 0 Å². The van der Waals surface area contributed by atoms with Crippen molar-refractivity contribution in [3.05, 3.63) is 60.5 Å². The van der Waals surface area contributed by atoms with Crippen LogP contribution in [0, 0.1) is 0 Å². The second-order valence-corrected chi connectivity index (χ2v) is 32.4. The van der Waals surface area contributed by atoms with E-state index in [0.717, 1.165) is 0 Å². The van der Waals surface area contributed by atoms with E-state index < -0.39 is 12.5 Å². The molecule has 0 fully saturated rings. The standard InChI is InChI=1S/C14H28P8/c1-3-5-7-9-11-13-22(19,20(15)16)14-21(17,18)12-10-8-6-4-2/h3-14H,15-19H2,1-2H3. The highest BCUT2D eigenvalue weighted by atomic mass is 32.8. The Labute approximate surface area is 149 Å². The van der Waals surface area contributed by atoms with Crippen molar-refractivity contribution in [1.29, 1.82) is 0 Å². The van der Waals surface area contributed by atoms with Crippen LogP contribution >= 0.6 is 64.2 Å². The Bertz CT molecular complexity index is 570. The molecule has 0 saturated heterocycles. The molecule has 8 heteroatoms. The van der Waals surface area contributed by atoms with Gasteiger partial charge >= 0.3 is 0 Å². The molecular formula is C14H28P8. The first kappa shape index (κ1) is 23.9. The maximum Gasteiger partial charge on any atom is -0.0367 e. The van der Waals surface area contributed by atoms with Gasteiger partial charge in [-0.2, -0.15) is 0 Å². The molecule has 0 spiro atoms. The highest BCUT2D eigenvalue weighted by Crippen LogP contribution is 2.92. The van der Waals surface area contributed by atoms with E-state index >= 15 is 0 Å². The van der Waals surface area contributed by atoms with E-state index in [1.807, 2.05) is 32.1 Å². The summed E-state index contributed by atoms with van der Waals surface area (Å²) in [4.78, 5) is 0. The zero-order valence-electron chi connectivity index (χ0n) is 13.2. The molecule has 0 aromatic carbocycles. The van der Waals surface area contributed by atoms with Crippen molar-refractivity contribution in [2.24, 2.45) is 0 Å². The Kier molecular flexibility index (Phi) is 14.3.